The van der Waals surface area contributed by atoms with E-state index in [2.05, 4.69) is 20.9 Å². The summed E-state index contributed by atoms with van der Waals surface area (Å²) >= 11 is 0. The van der Waals surface area contributed by atoms with Crippen LogP contribution in [0, 0.1) is 0 Å². The van der Waals surface area contributed by atoms with Gasteiger partial charge in [-0.05, 0) is 45.7 Å². The molecular weight excluding hydrogens is 533 g/mol. The van der Waals surface area contributed by atoms with Gasteiger partial charge in [-0.1, -0.05) is 18.2 Å². The van der Waals surface area contributed by atoms with Crippen LogP contribution in [0.4, 0.5) is 4.79 Å². The zero-order valence-corrected chi connectivity index (χ0v) is 22.3. The second-order valence-corrected chi connectivity index (χ2v) is 9.92. The number of aliphatic imine (C=N–C) groups is 1. The van der Waals surface area contributed by atoms with E-state index in [1.165, 1.54) is 18.4 Å². The van der Waals surface area contributed by atoms with Crippen LogP contribution in [0.15, 0.2) is 34.2 Å². The van der Waals surface area contributed by atoms with Crippen molar-refractivity contribution in [3.63, 3.8) is 0 Å². The van der Waals surface area contributed by atoms with Crippen molar-refractivity contribution in [3.8, 4) is 0 Å². The van der Waals surface area contributed by atoms with Crippen molar-refractivity contribution in [2.75, 3.05) is 33.7 Å². The first-order chi connectivity index (χ1) is 14.0. The zero-order chi connectivity index (χ0) is 22.8. The van der Waals surface area contributed by atoms with Crippen LogP contribution in [0.3, 0.4) is 0 Å². The number of guanidine groups is 1. The van der Waals surface area contributed by atoms with Crippen LogP contribution in [0.1, 0.15) is 39.7 Å². The summed E-state index contributed by atoms with van der Waals surface area (Å²) in [6.07, 6.45) is 0.233. The van der Waals surface area contributed by atoms with Crippen LogP contribution in [-0.4, -0.2) is 64.1 Å². The summed E-state index contributed by atoms with van der Waals surface area (Å²) in [6, 6.07) is 6.84. The lowest BCUT2D eigenvalue weighted by molar-refractivity contribution is 0.0527. The third-order valence-corrected chi connectivity index (χ3v) is 5.71. The Hall–Kier alpha value is -1.60. The number of amides is 1. The lowest BCUT2D eigenvalue weighted by Gasteiger charge is -2.19. The molecule has 0 aliphatic carbocycles. The molecule has 1 rings (SSSR count). The zero-order valence-electron chi connectivity index (χ0n) is 19.2. The molecule has 0 aliphatic rings. The van der Waals surface area contributed by atoms with Crippen LogP contribution in [0.25, 0.3) is 0 Å². The quantitative estimate of drug-likeness (QED) is 0.183. The molecule has 0 saturated carbocycles. The topological polar surface area (TPSA) is 112 Å². The minimum Gasteiger partial charge on any atom is -0.444 e. The predicted octanol–water partition coefficient (Wildman–Crippen LogP) is 2.52. The molecule has 9 nitrogen and oxygen atoms in total. The van der Waals surface area contributed by atoms with Crippen LogP contribution in [0.5, 0.6) is 0 Å². The van der Waals surface area contributed by atoms with Gasteiger partial charge in [0.25, 0.3) is 0 Å². The average molecular weight is 570 g/mol. The number of alkyl carbamates (subject to hydrolysis) is 1. The first-order valence-corrected chi connectivity index (χ1v) is 11.4. The Morgan fingerprint density at radius 3 is 2.29 bits per heavy atom. The third-order valence-electron chi connectivity index (χ3n) is 3.80. The van der Waals surface area contributed by atoms with Gasteiger partial charge in [0.05, 0.1) is 11.4 Å². The molecule has 1 aromatic rings. The number of nitrogens with one attached hydrogen (secondary N) is 3. The molecule has 3 N–H and O–H groups in total. The van der Waals surface area contributed by atoms with Gasteiger partial charge in [0.2, 0.25) is 10.0 Å². The fraction of sp³-hybridized carbons (Fsp3) is 0.600. The van der Waals surface area contributed by atoms with Crippen LogP contribution in [0.2, 0.25) is 0 Å². The summed E-state index contributed by atoms with van der Waals surface area (Å²) in [5, 5.41) is 9.02. The van der Waals surface area contributed by atoms with Crippen LogP contribution in [-0.2, 0) is 21.3 Å². The standard InChI is InChI=1S/C20H35N5O4S.HI/c1-7-21-18(22-13-10-14-23-19(26)29-20(2,3)4)24-15-16-11-8-9-12-17(16)30(27,28)25(5)6;/h8-9,11-12H,7,10,13-15H2,1-6H3,(H,23,26)(H2,21,22,24);1H. The lowest BCUT2D eigenvalue weighted by Crippen LogP contribution is -2.39. The van der Waals surface area contributed by atoms with E-state index in [-0.39, 0.29) is 35.4 Å². The summed E-state index contributed by atoms with van der Waals surface area (Å²) in [4.78, 5) is 16.4. The van der Waals surface area contributed by atoms with Crippen molar-refractivity contribution in [2.24, 2.45) is 4.99 Å². The summed E-state index contributed by atoms with van der Waals surface area (Å²) in [5.41, 5.74) is 0.0961. The van der Waals surface area contributed by atoms with Crippen molar-refractivity contribution in [1.29, 1.82) is 0 Å². The SMILES string of the molecule is CCNC(=NCc1ccccc1S(=O)(=O)N(C)C)NCCCNC(=O)OC(C)(C)C.I. The van der Waals surface area contributed by atoms with E-state index in [1.54, 1.807) is 24.3 Å². The monoisotopic (exact) mass is 569 g/mol. The first-order valence-electron chi connectivity index (χ1n) is 9.97. The molecule has 0 spiro atoms. The van der Waals surface area contributed by atoms with Gasteiger partial charge in [0.1, 0.15) is 5.60 Å². The maximum absolute atomic E-state index is 12.5. The van der Waals surface area contributed by atoms with E-state index in [0.29, 0.717) is 37.6 Å². The number of rotatable bonds is 9. The molecule has 0 radical (unpaired) electrons. The Labute approximate surface area is 203 Å². The Bertz CT molecular complexity index is 823. The molecule has 0 aromatic heterocycles. The second kappa shape index (κ2) is 13.7. The summed E-state index contributed by atoms with van der Waals surface area (Å²) in [6.45, 7) is 9.32. The fourth-order valence-corrected chi connectivity index (χ4v) is 3.50. The summed E-state index contributed by atoms with van der Waals surface area (Å²) in [5.74, 6) is 0.576. The molecule has 0 heterocycles. The Kier molecular flexibility index (Phi) is 13.0. The number of ether oxygens (including phenoxy) is 1. The number of nitrogens with zero attached hydrogens (tertiary/aromatic N) is 2. The van der Waals surface area contributed by atoms with Gasteiger partial charge in [-0.2, -0.15) is 0 Å². The highest BCUT2D eigenvalue weighted by atomic mass is 127. The van der Waals surface area contributed by atoms with E-state index >= 15 is 0 Å². The van der Waals surface area contributed by atoms with E-state index in [0.717, 1.165) is 0 Å². The smallest absolute Gasteiger partial charge is 0.407 e. The molecular formula is C20H36IN5O4S. The van der Waals surface area contributed by atoms with Crippen molar-refractivity contribution in [3.05, 3.63) is 29.8 Å². The highest BCUT2D eigenvalue weighted by Gasteiger charge is 2.20. The van der Waals surface area contributed by atoms with Crippen LogP contribution < -0.4 is 16.0 Å². The van der Waals surface area contributed by atoms with Gasteiger partial charge >= 0.3 is 6.09 Å². The third kappa shape index (κ3) is 11.0. The van der Waals surface area contributed by atoms with E-state index in [9.17, 15) is 13.2 Å². The van der Waals surface area contributed by atoms with Gasteiger partial charge in [-0.15, -0.1) is 24.0 Å². The first kappa shape index (κ1) is 29.4. The van der Waals surface area contributed by atoms with Crippen molar-refractivity contribution in [2.45, 2.75) is 51.2 Å². The molecule has 11 heteroatoms. The highest BCUT2D eigenvalue weighted by Crippen LogP contribution is 2.19. The van der Waals surface area contributed by atoms with Crippen LogP contribution >= 0.6 is 24.0 Å². The van der Waals surface area contributed by atoms with Gasteiger partial charge in [-0.3, -0.25) is 0 Å². The molecule has 1 aromatic carbocycles. The maximum atomic E-state index is 12.5. The van der Waals surface area contributed by atoms with Gasteiger partial charge in [0.15, 0.2) is 5.96 Å². The number of hydrogen-bond donors (Lipinski definition) is 3. The summed E-state index contributed by atoms with van der Waals surface area (Å²) < 4.78 is 31.4. The van der Waals surface area contributed by atoms with E-state index < -0.39 is 21.7 Å². The number of benzene rings is 1. The molecule has 0 aliphatic heterocycles. The van der Waals surface area contributed by atoms with Gasteiger partial charge in [0, 0.05) is 33.7 Å². The summed E-state index contributed by atoms with van der Waals surface area (Å²) in [7, 11) is -0.530. The second-order valence-electron chi connectivity index (χ2n) is 7.80. The Morgan fingerprint density at radius 1 is 1.10 bits per heavy atom. The molecule has 0 saturated heterocycles. The number of halogens is 1. The van der Waals surface area contributed by atoms with Crippen molar-refractivity contribution >= 4 is 46.1 Å². The van der Waals surface area contributed by atoms with E-state index in [1.807, 2.05) is 27.7 Å². The van der Waals surface area contributed by atoms with Gasteiger partial charge in [-0.25, -0.2) is 22.5 Å². The number of sulfonamides is 1. The van der Waals surface area contributed by atoms with Crippen molar-refractivity contribution in [1.82, 2.24) is 20.3 Å². The minimum absolute atomic E-state index is 0. The highest BCUT2D eigenvalue weighted by molar-refractivity contribution is 14.0. The number of carbonyl (C=O) groups excluding carboxylic acids is 1. The maximum Gasteiger partial charge on any atom is 0.407 e. The predicted molar refractivity (Wildman–Crippen MR) is 134 cm³/mol. The molecule has 31 heavy (non-hydrogen) atoms. The van der Waals surface area contributed by atoms with Crippen molar-refractivity contribution < 1.29 is 17.9 Å². The Morgan fingerprint density at radius 2 is 1.71 bits per heavy atom. The largest absolute Gasteiger partial charge is 0.444 e. The molecule has 0 fully saturated rings. The molecule has 178 valence electrons. The minimum atomic E-state index is -3.54. The fourth-order valence-electron chi connectivity index (χ4n) is 2.39. The van der Waals surface area contributed by atoms with E-state index in [4.69, 9.17) is 4.74 Å². The number of hydrogen-bond acceptors (Lipinski definition) is 5. The molecule has 0 bridgehead atoms. The lowest BCUT2D eigenvalue weighted by atomic mass is 10.2. The molecule has 0 unspecified atom stereocenters. The number of carbonyl (C=O) groups is 1. The molecule has 0 atom stereocenters. The molecule has 1 amide bonds. The van der Waals surface area contributed by atoms with Gasteiger partial charge < -0.3 is 20.7 Å². The Balaban J connectivity index is 0.00000900. The normalized spacial score (nSPS) is 12.2. The average Bonchev–Trinajstić information content (AvgIpc) is 2.64.